The number of aliphatic carboxylic acids is 1. The van der Waals surface area contributed by atoms with E-state index in [1.54, 1.807) is 57.0 Å². The first kappa shape index (κ1) is 50.1. The number of urea groups is 1. The van der Waals surface area contributed by atoms with E-state index in [1.807, 2.05) is 18.2 Å². The fraction of sp³-hybridized carbons (Fsp3) is 0.417. The van der Waals surface area contributed by atoms with Crippen LogP contribution in [-0.2, 0) is 41.9 Å². The van der Waals surface area contributed by atoms with Crippen molar-refractivity contribution >= 4 is 85.2 Å². The molecule has 5 aromatic rings. The quantitative estimate of drug-likeness (QED) is 0.0686. The molecule has 0 saturated carbocycles. The van der Waals surface area contributed by atoms with Crippen molar-refractivity contribution in [3.8, 4) is 16.2 Å². The number of imide groups is 1. The number of sulfonamides is 1. The van der Waals surface area contributed by atoms with E-state index in [4.69, 9.17) is 21.1 Å². The van der Waals surface area contributed by atoms with Gasteiger partial charge >= 0.3 is 23.7 Å². The molecule has 0 bridgehead atoms. The zero-order chi connectivity index (χ0) is 50.2. The van der Waals surface area contributed by atoms with E-state index >= 15 is 4.39 Å². The molecule has 1 atom stereocenters. The van der Waals surface area contributed by atoms with Crippen molar-refractivity contribution in [3.63, 3.8) is 0 Å². The summed E-state index contributed by atoms with van der Waals surface area (Å²) in [6.07, 6.45) is 2.48. The van der Waals surface area contributed by atoms with Crippen LogP contribution in [0.2, 0.25) is 5.02 Å². The number of carboxylic acid groups (broad SMARTS) is 1. The van der Waals surface area contributed by atoms with Crippen LogP contribution in [0.25, 0.3) is 21.5 Å². The molecule has 5 heterocycles. The zero-order valence-electron chi connectivity index (χ0n) is 38.9. The fourth-order valence-corrected chi connectivity index (χ4v) is 12.1. The van der Waals surface area contributed by atoms with E-state index in [0.717, 1.165) is 16.9 Å². The number of anilines is 2. The fourth-order valence-electron chi connectivity index (χ4n) is 9.10. The Morgan fingerprint density at radius 3 is 2.36 bits per heavy atom. The standard InChI is InChI=1S/C48H53ClFN7O11S2/c1-48(2,3)68-45(62)43-41(67-25-39(59)60)40(49)42(69-43)30-8-10-33(50)34(23-30)51-31-16-20-56(21-17-31)70(65,66)26-27-6-5-7-32(22-27)52-46(63)55-18-14-28(15-19-55)29-9-11-35-37(24-29)54(4)47(64)57(35)36-12-13-38(58)53-44(36)61/h5-11,22-24,28,31,36,51H,12-21,25-26H2,1-4H3,(H,52,63)(H,59,60)(H,53,58,61). The molecular weight excluding hydrogens is 969 g/mol. The number of carboxylic acids is 1. The minimum atomic E-state index is -3.79. The highest BCUT2D eigenvalue weighted by atomic mass is 35.5. The predicted octanol–water partition coefficient (Wildman–Crippen LogP) is 7.08. The van der Waals surface area contributed by atoms with Gasteiger partial charge in [-0.05, 0) is 112 Å². The molecule has 3 aliphatic heterocycles. The number of benzene rings is 3. The van der Waals surface area contributed by atoms with Crippen molar-refractivity contribution < 1.29 is 51.4 Å². The highest BCUT2D eigenvalue weighted by Crippen LogP contribution is 2.47. The molecule has 22 heteroatoms. The summed E-state index contributed by atoms with van der Waals surface area (Å²) in [7, 11) is -2.13. The van der Waals surface area contributed by atoms with E-state index in [2.05, 4.69) is 16.0 Å². The summed E-state index contributed by atoms with van der Waals surface area (Å²) in [4.78, 5) is 77.4. The first-order chi connectivity index (χ1) is 33.1. The lowest BCUT2D eigenvalue weighted by Crippen LogP contribution is -2.44. The van der Waals surface area contributed by atoms with Crippen molar-refractivity contribution in [3.05, 3.63) is 98.0 Å². The van der Waals surface area contributed by atoms with Gasteiger partial charge in [0.05, 0.1) is 27.4 Å². The third-order valence-electron chi connectivity index (χ3n) is 12.6. The molecule has 3 aliphatic rings. The van der Waals surface area contributed by atoms with Crippen molar-refractivity contribution in [2.75, 3.05) is 43.4 Å². The number of carbonyl (C=O) groups excluding carboxylic acids is 4. The molecule has 3 saturated heterocycles. The highest BCUT2D eigenvalue weighted by Gasteiger charge is 2.34. The normalized spacial score (nSPS) is 17.6. The second-order valence-electron chi connectivity index (χ2n) is 18.7. The number of aromatic nitrogens is 2. The molecule has 70 heavy (non-hydrogen) atoms. The van der Waals surface area contributed by atoms with Crippen LogP contribution >= 0.6 is 22.9 Å². The molecule has 18 nitrogen and oxygen atoms in total. The first-order valence-electron chi connectivity index (χ1n) is 22.8. The third kappa shape index (κ3) is 11.0. The minimum absolute atomic E-state index is 0.0287. The maximum atomic E-state index is 15.3. The molecule has 2 aromatic heterocycles. The number of hydrogen-bond acceptors (Lipinski definition) is 12. The molecular formula is C48H53ClFN7O11S2. The lowest BCUT2D eigenvalue weighted by atomic mass is 9.89. The van der Waals surface area contributed by atoms with Crippen molar-refractivity contribution in [1.82, 2.24) is 23.7 Å². The zero-order valence-corrected chi connectivity index (χ0v) is 41.3. The molecule has 372 valence electrons. The molecule has 1 unspecified atom stereocenters. The molecule has 0 radical (unpaired) electrons. The van der Waals surface area contributed by atoms with Crippen LogP contribution in [0, 0.1) is 5.82 Å². The number of amides is 4. The number of halogens is 2. The number of nitrogens with zero attached hydrogens (tertiary/aromatic N) is 4. The molecule has 4 amide bonds. The first-order valence-corrected chi connectivity index (χ1v) is 25.6. The SMILES string of the molecule is Cn1c(=O)n(C2CCC(=O)NC2=O)c2ccc(C3CCN(C(=O)Nc4cccc(CS(=O)(=O)N5CCC(Nc6cc(-c7sc(C(=O)OC(C)(C)C)c(OCC(=O)O)c7Cl)ccc6F)CC5)c4)CC3)cc21. The van der Waals surface area contributed by atoms with Gasteiger partial charge in [-0.2, -0.15) is 0 Å². The minimum Gasteiger partial charge on any atom is -0.479 e. The second-order valence-corrected chi connectivity index (χ2v) is 22.0. The van der Waals surface area contributed by atoms with Crippen LogP contribution < -0.4 is 26.4 Å². The molecule has 8 rings (SSSR count). The summed E-state index contributed by atoms with van der Waals surface area (Å²) in [6.45, 7) is 5.56. The van der Waals surface area contributed by atoms with E-state index in [0.29, 0.717) is 71.5 Å². The maximum absolute atomic E-state index is 15.3. The number of piperidine rings is 3. The van der Waals surface area contributed by atoms with Crippen LogP contribution in [0.3, 0.4) is 0 Å². The summed E-state index contributed by atoms with van der Waals surface area (Å²) in [5.74, 6) is -3.78. The van der Waals surface area contributed by atoms with Gasteiger partial charge in [0.15, 0.2) is 17.2 Å². The predicted molar refractivity (Wildman–Crippen MR) is 261 cm³/mol. The summed E-state index contributed by atoms with van der Waals surface area (Å²) in [5, 5.41) is 17.6. The largest absolute Gasteiger partial charge is 0.479 e. The third-order valence-corrected chi connectivity index (χ3v) is 16.1. The topological polar surface area (TPSA) is 228 Å². The lowest BCUT2D eigenvalue weighted by Gasteiger charge is -2.32. The van der Waals surface area contributed by atoms with Crippen LogP contribution in [0.1, 0.15) is 92.1 Å². The molecule has 4 N–H and O–H groups in total. The monoisotopic (exact) mass is 1020 g/mol. The van der Waals surface area contributed by atoms with Gasteiger partial charge in [0.1, 0.15) is 22.5 Å². The molecule has 0 aliphatic carbocycles. The van der Waals surface area contributed by atoms with Crippen molar-refractivity contribution in [2.24, 2.45) is 7.05 Å². The van der Waals surface area contributed by atoms with Gasteiger partial charge in [-0.15, -0.1) is 11.3 Å². The van der Waals surface area contributed by atoms with Gasteiger partial charge in [0.25, 0.3) is 0 Å². The average molecular weight is 1020 g/mol. The Balaban J connectivity index is 0.845. The number of rotatable bonds is 13. The lowest BCUT2D eigenvalue weighted by molar-refractivity contribution is -0.139. The van der Waals surface area contributed by atoms with Crippen LogP contribution in [0.15, 0.2) is 65.5 Å². The number of esters is 1. The average Bonchev–Trinajstić information content (AvgIpc) is 3.77. The van der Waals surface area contributed by atoms with Gasteiger partial charge in [-0.3, -0.25) is 24.0 Å². The Labute approximate surface area is 411 Å². The summed E-state index contributed by atoms with van der Waals surface area (Å²) in [5.41, 5.74) is 2.60. The van der Waals surface area contributed by atoms with Crippen molar-refractivity contribution in [2.45, 2.75) is 88.7 Å². The Morgan fingerprint density at radius 2 is 1.67 bits per heavy atom. The van der Waals surface area contributed by atoms with Gasteiger partial charge in [-0.25, -0.2) is 36.3 Å². The van der Waals surface area contributed by atoms with E-state index in [9.17, 15) is 42.3 Å². The number of aryl methyl sites for hydroxylation is 1. The van der Waals surface area contributed by atoms with Crippen LogP contribution in [-0.4, -0.2) is 106 Å². The van der Waals surface area contributed by atoms with Crippen molar-refractivity contribution in [1.29, 1.82) is 0 Å². The number of imidazole rings is 1. The smallest absolute Gasteiger partial charge is 0.352 e. The van der Waals surface area contributed by atoms with Gasteiger partial charge in [-0.1, -0.05) is 35.9 Å². The van der Waals surface area contributed by atoms with Crippen LogP contribution in [0.5, 0.6) is 5.75 Å². The number of hydrogen-bond donors (Lipinski definition) is 4. The summed E-state index contributed by atoms with van der Waals surface area (Å²) >= 11 is 7.58. The Morgan fingerprint density at radius 1 is 0.943 bits per heavy atom. The summed E-state index contributed by atoms with van der Waals surface area (Å²) in [6, 6.07) is 15.3. The van der Waals surface area contributed by atoms with E-state index in [1.165, 1.54) is 31.6 Å². The van der Waals surface area contributed by atoms with Gasteiger partial charge < -0.3 is 30.1 Å². The van der Waals surface area contributed by atoms with Gasteiger partial charge in [0.2, 0.25) is 21.8 Å². The highest BCUT2D eigenvalue weighted by molar-refractivity contribution is 7.88. The Hall–Kier alpha value is -6.29. The number of carbonyl (C=O) groups is 5. The number of fused-ring (bicyclic) bond motifs is 1. The number of thiophene rings is 1. The number of nitrogens with one attached hydrogen (secondary N) is 3. The van der Waals surface area contributed by atoms with E-state index in [-0.39, 0.29) is 82.6 Å². The molecule has 0 spiro atoms. The Kier molecular flexibility index (Phi) is 14.5. The van der Waals surface area contributed by atoms with Crippen LogP contribution in [0.4, 0.5) is 20.6 Å². The number of likely N-dealkylation sites (tertiary alicyclic amines) is 1. The second kappa shape index (κ2) is 20.2. The van der Waals surface area contributed by atoms with Gasteiger partial charge in [0, 0.05) is 51.4 Å². The maximum Gasteiger partial charge on any atom is 0.352 e. The molecule has 3 fully saturated rings. The summed E-state index contributed by atoms with van der Waals surface area (Å²) < 4.78 is 57.9. The molecule has 3 aromatic carbocycles. The Bertz CT molecular complexity index is 3060. The van der Waals surface area contributed by atoms with E-state index < -0.39 is 51.9 Å². The number of ether oxygens (including phenoxy) is 2.